The predicted octanol–water partition coefficient (Wildman–Crippen LogP) is 3.06. The predicted molar refractivity (Wildman–Crippen MR) is 70.7 cm³/mol. The van der Waals surface area contributed by atoms with Crippen molar-refractivity contribution in [2.24, 2.45) is 11.8 Å². The van der Waals surface area contributed by atoms with Crippen LogP contribution < -0.4 is 10.6 Å². The van der Waals surface area contributed by atoms with Gasteiger partial charge in [-0.05, 0) is 42.9 Å². The Morgan fingerprint density at radius 1 is 1.25 bits per heavy atom. The number of aryl methyl sites for hydroxylation is 1. The normalized spacial score (nSPS) is 25.8. The van der Waals surface area contributed by atoms with Gasteiger partial charge in [-0.15, -0.1) is 0 Å². The molecule has 1 aromatic rings. The topological polar surface area (TPSA) is 29.3 Å². The number of nitrogens with two attached hydrogens (primary N) is 1. The molecule has 1 saturated heterocycles. The van der Waals surface area contributed by atoms with Crippen molar-refractivity contribution in [3.05, 3.63) is 23.8 Å². The molecule has 16 heavy (non-hydrogen) atoms. The minimum atomic E-state index is 0.774. The van der Waals surface area contributed by atoms with E-state index in [2.05, 4.69) is 43.9 Å². The fourth-order valence-electron chi connectivity index (χ4n) is 2.32. The fourth-order valence-corrected chi connectivity index (χ4v) is 2.32. The summed E-state index contributed by atoms with van der Waals surface area (Å²) in [5.74, 6) is 1.62. The quantitative estimate of drug-likeness (QED) is 0.734. The first-order valence-electron chi connectivity index (χ1n) is 6.19. The molecule has 0 spiro atoms. The Bertz CT molecular complexity index is 373. The highest BCUT2D eigenvalue weighted by Crippen LogP contribution is 2.28. The van der Waals surface area contributed by atoms with Crippen molar-refractivity contribution >= 4 is 11.4 Å². The van der Waals surface area contributed by atoms with E-state index in [1.54, 1.807) is 0 Å². The Hall–Kier alpha value is -1.18. The van der Waals surface area contributed by atoms with Crippen LogP contribution in [0.1, 0.15) is 25.8 Å². The number of piperidine rings is 1. The van der Waals surface area contributed by atoms with E-state index in [9.17, 15) is 0 Å². The van der Waals surface area contributed by atoms with Crippen molar-refractivity contribution in [3.63, 3.8) is 0 Å². The molecule has 0 aliphatic carbocycles. The average molecular weight is 218 g/mol. The molecule has 2 heteroatoms. The Morgan fingerprint density at radius 3 is 2.62 bits per heavy atom. The van der Waals surface area contributed by atoms with Crippen molar-refractivity contribution in [1.29, 1.82) is 0 Å². The molecule has 1 fully saturated rings. The van der Waals surface area contributed by atoms with E-state index in [0.29, 0.717) is 0 Å². The second-order valence-corrected chi connectivity index (χ2v) is 5.23. The minimum Gasteiger partial charge on any atom is -0.398 e. The van der Waals surface area contributed by atoms with Crippen LogP contribution in [-0.4, -0.2) is 13.1 Å². The van der Waals surface area contributed by atoms with Crippen LogP contribution in [0.3, 0.4) is 0 Å². The minimum absolute atomic E-state index is 0.774. The molecule has 1 aliphatic heterocycles. The van der Waals surface area contributed by atoms with E-state index in [0.717, 1.165) is 30.6 Å². The molecule has 2 rings (SSSR count). The largest absolute Gasteiger partial charge is 0.398 e. The van der Waals surface area contributed by atoms with Gasteiger partial charge >= 0.3 is 0 Å². The molecular weight excluding hydrogens is 196 g/mol. The van der Waals surface area contributed by atoms with Crippen molar-refractivity contribution in [3.8, 4) is 0 Å². The van der Waals surface area contributed by atoms with Crippen LogP contribution in [0, 0.1) is 18.8 Å². The Kier molecular flexibility index (Phi) is 3.08. The van der Waals surface area contributed by atoms with Crippen LogP contribution in [0.2, 0.25) is 0 Å². The molecular formula is C14H22N2. The number of rotatable bonds is 1. The van der Waals surface area contributed by atoms with Gasteiger partial charge in [-0.3, -0.25) is 0 Å². The number of anilines is 2. The lowest BCUT2D eigenvalue weighted by atomic mass is 9.88. The van der Waals surface area contributed by atoms with Crippen LogP contribution in [0.4, 0.5) is 11.4 Å². The molecule has 2 N–H and O–H groups in total. The molecule has 1 aliphatic rings. The van der Waals surface area contributed by atoms with E-state index < -0.39 is 0 Å². The van der Waals surface area contributed by atoms with E-state index in [4.69, 9.17) is 5.73 Å². The summed E-state index contributed by atoms with van der Waals surface area (Å²) in [6.07, 6.45) is 1.29. The third-order valence-corrected chi connectivity index (χ3v) is 3.96. The second kappa shape index (κ2) is 4.36. The first-order valence-corrected chi connectivity index (χ1v) is 6.19. The first-order chi connectivity index (χ1) is 7.58. The fraction of sp³-hybridized carbons (Fsp3) is 0.571. The van der Waals surface area contributed by atoms with Gasteiger partial charge in [0.05, 0.1) is 0 Å². The molecule has 0 amide bonds. The van der Waals surface area contributed by atoms with Gasteiger partial charge in [-0.2, -0.15) is 0 Å². The van der Waals surface area contributed by atoms with E-state index >= 15 is 0 Å². The summed E-state index contributed by atoms with van der Waals surface area (Å²) >= 11 is 0. The molecule has 1 aromatic carbocycles. The van der Waals surface area contributed by atoms with Gasteiger partial charge in [0.2, 0.25) is 0 Å². The summed E-state index contributed by atoms with van der Waals surface area (Å²) in [5, 5.41) is 0. The Morgan fingerprint density at radius 2 is 2.00 bits per heavy atom. The third-order valence-electron chi connectivity index (χ3n) is 3.96. The SMILES string of the molecule is Cc1ccc(N2CCC(C)C(C)C2)cc1N. The highest BCUT2D eigenvalue weighted by Gasteiger charge is 2.22. The molecule has 0 bridgehead atoms. The Balaban J connectivity index is 2.15. The maximum absolute atomic E-state index is 5.96. The van der Waals surface area contributed by atoms with E-state index in [1.807, 2.05) is 0 Å². The van der Waals surface area contributed by atoms with Crippen LogP contribution in [0.25, 0.3) is 0 Å². The van der Waals surface area contributed by atoms with Gasteiger partial charge in [0, 0.05) is 24.5 Å². The number of nitrogen functional groups attached to an aromatic ring is 1. The van der Waals surface area contributed by atoms with Gasteiger partial charge < -0.3 is 10.6 Å². The lowest BCUT2D eigenvalue weighted by Crippen LogP contribution is -2.38. The number of benzene rings is 1. The number of nitrogens with zero attached hydrogens (tertiary/aromatic N) is 1. The first kappa shape index (κ1) is 11.3. The van der Waals surface area contributed by atoms with Gasteiger partial charge in [-0.25, -0.2) is 0 Å². The smallest absolute Gasteiger partial charge is 0.0387 e. The molecule has 0 radical (unpaired) electrons. The Labute approximate surface area is 98.4 Å². The van der Waals surface area contributed by atoms with Gasteiger partial charge in [0.15, 0.2) is 0 Å². The van der Waals surface area contributed by atoms with Crippen LogP contribution >= 0.6 is 0 Å². The van der Waals surface area contributed by atoms with Crippen molar-refractivity contribution in [2.75, 3.05) is 23.7 Å². The number of hydrogen-bond acceptors (Lipinski definition) is 2. The van der Waals surface area contributed by atoms with Gasteiger partial charge in [0.25, 0.3) is 0 Å². The highest BCUT2D eigenvalue weighted by atomic mass is 15.1. The summed E-state index contributed by atoms with van der Waals surface area (Å²) in [7, 11) is 0. The zero-order valence-electron chi connectivity index (χ0n) is 10.5. The second-order valence-electron chi connectivity index (χ2n) is 5.23. The van der Waals surface area contributed by atoms with Crippen molar-refractivity contribution < 1.29 is 0 Å². The molecule has 2 atom stereocenters. The molecule has 2 unspecified atom stereocenters. The molecule has 88 valence electrons. The van der Waals surface area contributed by atoms with Crippen LogP contribution in [0.5, 0.6) is 0 Å². The molecule has 0 saturated carbocycles. The monoisotopic (exact) mass is 218 g/mol. The van der Waals surface area contributed by atoms with Gasteiger partial charge in [-0.1, -0.05) is 19.9 Å². The summed E-state index contributed by atoms with van der Waals surface area (Å²) in [4.78, 5) is 2.46. The molecule has 2 nitrogen and oxygen atoms in total. The lowest BCUT2D eigenvalue weighted by molar-refractivity contribution is 0.324. The summed E-state index contributed by atoms with van der Waals surface area (Å²) in [5.41, 5.74) is 9.32. The van der Waals surface area contributed by atoms with Crippen LogP contribution in [-0.2, 0) is 0 Å². The van der Waals surface area contributed by atoms with E-state index in [-0.39, 0.29) is 0 Å². The molecule has 1 heterocycles. The third kappa shape index (κ3) is 2.16. The van der Waals surface area contributed by atoms with Gasteiger partial charge in [0.1, 0.15) is 0 Å². The van der Waals surface area contributed by atoms with E-state index in [1.165, 1.54) is 17.7 Å². The standard InChI is InChI=1S/C14H22N2/c1-10-6-7-16(9-12(10)3)13-5-4-11(2)14(15)8-13/h4-5,8,10,12H,6-7,9,15H2,1-3H3. The van der Waals surface area contributed by atoms with Crippen molar-refractivity contribution in [2.45, 2.75) is 27.2 Å². The zero-order chi connectivity index (χ0) is 11.7. The van der Waals surface area contributed by atoms with Crippen LogP contribution in [0.15, 0.2) is 18.2 Å². The van der Waals surface area contributed by atoms with Crippen molar-refractivity contribution in [1.82, 2.24) is 0 Å². The summed E-state index contributed by atoms with van der Waals surface area (Å²) < 4.78 is 0. The lowest BCUT2D eigenvalue weighted by Gasteiger charge is -2.37. The zero-order valence-corrected chi connectivity index (χ0v) is 10.5. The maximum Gasteiger partial charge on any atom is 0.0387 e. The molecule has 0 aromatic heterocycles. The number of hydrogen-bond donors (Lipinski definition) is 1. The summed E-state index contributed by atoms with van der Waals surface area (Å²) in [6.45, 7) is 9.07. The maximum atomic E-state index is 5.96. The highest BCUT2D eigenvalue weighted by molar-refractivity contribution is 5.59. The summed E-state index contributed by atoms with van der Waals surface area (Å²) in [6, 6.07) is 6.42. The average Bonchev–Trinajstić information content (AvgIpc) is 2.26.